The number of carbonyl (C=O) groups is 1. The predicted molar refractivity (Wildman–Crippen MR) is 103 cm³/mol. The Labute approximate surface area is 173 Å². The van der Waals surface area contributed by atoms with Crippen molar-refractivity contribution in [2.75, 3.05) is 11.9 Å². The lowest BCUT2D eigenvalue weighted by Gasteiger charge is -2.14. The maximum absolute atomic E-state index is 12.1. The van der Waals surface area contributed by atoms with Crippen LogP contribution in [-0.2, 0) is 4.79 Å². The van der Waals surface area contributed by atoms with Crippen LogP contribution in [0, 0.1) is 17.0 Å². The average molecular weight is 459 g/mol. The Morgan fingerprint density at radius 1 is 1.08 bits per heavy atom. The molecule has 0 saturated carbocycles. The molecule has 138 valence electrons. The van der Waals surface area contributed by atoms with Gasteiger partial charge in [-0.05, 0) is 12.5 Å². The first-order chi connectivity index (χ1) is 12.1. The number of nitro groups is 1. The Morgan fingerprint density at radius 2 is 1.62 bits per heavy atom. The van der Waals surface area contributed by atoms with Gasteiger partial charge in [-0.15, -0.1) is 0 Å². The zero-order valence-electron chi connectivity index (χ0n) is 12.9. The van der Waals surface area contributed by atoms with E-state index in [1.54, 1.807) is 6.92 Å². The molecule has 0 spiro atoms. The van der Waals surface area contributed by atoms with Gasteiger partial charge in [0.05, 0.1) is 25.7 Å². The van der Waals surface area contributed by atoms with Gasteiger partial charge in [-0.3, -0.25) is 14.9 Å². The summed E-state index contributed by atoms with van der Waals surface area (Å²) in [6.45, 7) is 1.20. The lowest BCUT2D eigenvalue weighted by Crippen LogP contribution is -2.21. The van der Waals surface area contributed by atoms with Crippen LogP contribution in [0.1, 0.15) is 5.56 Å². The van der Waals surface area contributed by atoms with Crippen LogP contribution in [0.5, 0.6) is 5.75 Å². The third-order valence-electron chi connectivity index (χ3n) is 3.22. The Hall–Kier alpha value is -1.44. The Morgan fingerprint density at radius 3 is 2.15 bits per heavy atom. The molecule has 0 bridgehead atoms. The van der Waals surface area contributed by atoms with E-state index in [0.717, 1.165) is 0 Å². The van der Waals surface area contributed by atoms with Crippen molar-refractivity contribution in [3.05, 3.63) is 59.0 Å². The van der Waals surface area contributed by atoms with Crippen molar-refractivity contribution in [2.45, 2.75) is 6.92 Å². The van der Waals surface area contributed by atoms with E-state index >= 15 is 0 Å². The lowest BCUT2D eigenvalue weighted by molar-refractivity contribution is -0.384. The van der Waals surface area contributed by atoms with Crippen LogP contribution in [0.25, 0.3) is 0 Å². The van der Waals surface area contributed by atoms with E-state index in [2.05, 4.69) is 5.32 Å². The van der Waals surface area contributed by atoms with Gasteiger partial charge in [0.1, 0.15) is 10.0 Å². The van der Waals surface area contributed by atoms with Crippen LogP contribution in [0.15, 0.2) is 18.2 Å². The Balaban J connectivity index is 2.16. The van der Waals surface area contributed by atoms with Gasteiger partial charge in [0.25, 0.3) is 11.6 Å². The minimum Gasteiger partial charge on any atom is -0.481 e. The maximum atomic E-state index is 12.1. The fourth-order valence-electron chi connectivity index (χ4n) is 1.89. The van der Waals surface area contributed by atoms with E-state index in [-0.39, 0.29) is 42.2 Å². The predicted octanol–water partition coefficient (Wildman–Crippen LogP) is 6.19. The SMILES string of the molecule is Cc1ccc([N+](=O)[O-])cc1NC(=O)COc1c(Cl)c(Cl)c(Cl)c(Cl)c1Cl. The van der Waals surface area contributed by atoms with Crippen molar-refractivity contribution in [1.82, 2.24) is 0 Å². The van der Waals surface area contributed by atoms with Crippen molar-refractivity contribution < 1.29 is 14.5 Å². The number of benzene rings is 2. The number of nitrogens with one attached hydrogen (secondary N) is 1. The molecule has 11 heteroatoms. The molecule has 0 atom stereocenters. The van der Waals surface area contributed by atoms with Crippen LogP contribution < -0.4 is 10.1 Å². The third kappa shape index (κ3) is 4.45. The van der Waals surface area contributed by atoms with E-state index < -0.39 is 17.4 Å². The zero-order chi connectivity index (χ0) is 19.6. The first-order valence-electron chi connectivity index (χ1n) is 6.82. The van der Waals surface area contributed by atoms with Crippen LogP contribution in [0.3, 0.4) is 0 Å². The summed E-state index contributed by atoms with van der Waals surface area (Å²) in [5.41, 5.74) is 0.754. The molecule has 0 aliphatic heterocycles. The summed E-state index contributed by atoms with van der Waals surface area (Å²) < 4.78 is 5.30. The molecule has 2 aromatic rings. The first kappa shape index (κ1) is 20.9. The molecule has 0 aromatic heterocycles. The fraction of sp³-hybridized carbons (Fsp3) is 0.133. The number of nitro benzene ring substituents is 1. The second-order valence-corrected chi connectivity index (χ2v) is 6.88. The number of rotatable bonds is 5. The number of ether oxygens (including phenoxy) is 1. The summed E-state index contributed by atoms with van der Waals surface area (Å²) >= 11 is 29.7. The number of anilines is 1. The van der Waals surface area contributed by atoms with Crippen LogP contribution >= 0.6 is 58.0 Å². The smallest absolute Gasteiger partial charge is 0.271 e. The molecule has 6 nitrogen and oxygen atoms in total. The van der Waals surface area contributed by atoms with Crippen molar-refractivity contribution in [1.29, 1.82) is 0 Å². The van der Waals surface area contributed by atoms with Crippen molar-refractivity contribution >= 4 is 75.3 Å². The Bertz CT molecular complexity index is 875. The largest absolute Gasteiger partial charge is 0.481 e. The second-order valence-electron chi connectivity index (χ2n) is 4.99. The summed E-state index contributed by atoms with van der Waals surface area (Å²) in [5.74, 6) is -0.693. The normalized spacial score (nSPS) is 10.5. The highest BCUT2D eigenvalue weighted by Gasteiger charge is 2.21. The highest BCUT2D eigenvalue weighted by molar-refractivity contribution is 6.55. The van der Waals surface area contributed by atoms with E-state index in [9.17, 15) is 14.9 Å². The van der Waals surface area contributed by atoms with Crippen molar-refractivity contribution in [3.63, 3.8) is 0 Å². The maximum Gasteiger partial charge on any atom is 0.271 e. The van der Waals surface area contributed by atoms with Gasteiger partial charge in [0, 0.05) is 12.1 Å². The zero-order valence-corrected chi connectivity index (χ0v) is 16.7. The molecule has 2 rings (SSSR count). The number of amides is 1. The number of carbonyl (C=O) groups excluding carboxylic acids is 1. The molecule has 0 aliphatic rings. The molecule has 0 unspecified atom stereocenters. The monoisotopic (exact) mass is 456 g/mol. The van der Waals surface area contributed by atoms with Crippen LogP contribution in [0.2, 0.25) is 25.1 Å². The first-order valence-corrected chi connectivity index (χ1v) is 8.71. The second kappa shape index (κ2) is 8.50. The van der Waals surface area contributed by atoms with E-state index in [4.69, 9.17) is 62.7 Å². The van der Waals surface area contributed by atoms with E-state index in [1.807, 2.05) is 0 Å². The van der Waals surface area contributed by atoms with Crippen molar-refractivity contribution in [2.24, 2.45) is 0 Å². The minimum atomic E-state index is -0.595. The molecular formula is C15H9Cl5N2O4. The van der Waals surface area contributed by atoms with Gasteiger partial charge in [-0.25, -0.2) is 0 Å². The standard InChI is InChI=1S/C15H9Cl5N2O4/c1-6-2-3-7(22(24)25)4-8(6)21-9(23)5-26-15-13(19)11(17)10(16)12(18)14(15)20/h2-4H,5H2,1H3,(H,21,23). The summed E-state index contributed by atoms with van der Waals surface area (Å²) in [5, 5.41) is 13.0. The molecular weight excluding hydrogens is 449 g/mol. The van der Waals surface area contributed by atoms with Gasteiger partial charge in [0.15, 0.2) is 12.4 Å². The molecule has 1 amide bonds. The number of aryl methyl sites for hydroxylation is 1. The molecule has 26 heavy (non-hydrogen) atoms. The van der Waals surface area contributed by atoms with E-state index in [1.165, 1.54) is 18.2 Å². The van der Waals surface area contributed by atoms with Gasteiger partial charge in [-0.2, -0.15) is 0 Å². The quantitative estimate of drug-likeness (QED) is 0.251. The molecule has 0 fully saturated rings. The van der Waals surface area contributed by atoms with E-state index in [0.29, 0.717) is 5.56 Å². The average Bonchev–Trinajstić information content (AvgIpc) is 2.60. The van der Waals surface area contributed by atoms with Gasteiger partial charge >= 0.3 is 0 Å². The van der Waals surface area contributed by atoms with Gasteiger partial charge in [-0.1, -0.05) is 64.1 Å². The number of hydrogen-bond donors (Lipinski definition) is 1. The highest BCUT2D eigenvalue weighted by Crippen LogP contribution is 2.48. The number of hydrogen-bond acceptors (Lipinski definition) is 4. The molecule has 2 aromatic carbocycles. The van der Waals surface area contributed by atoms with Gasteiger partial charge in [0.2, 0.25) is 0 Å². The molecule has 0 radical (unpaired) electrons. The number of halogens is 5. The molecule has 0 saturated heterocycles. The minimum absolute atomic E-state index is 0.0349. The summed E-state index contributed by atoms with van der Waals surface area (Å²) in [6.07, 6.45) is 0. The lowest BCUT2D eigenvalue weighted by atomic mass is 10.2. The molecule has 0 aliphatic carbocycles. The summed E-state index contributed by atoms with van der Waals surface area (Å²) in [4.78, 5) is 22.4. The topological polar surface area (TPSA) is 81.5 Å². The molecule has 1 N–H and O–H groups in total. The Kier molecular flexibility index (Phi) is 6.82. The summed E-state index contributed by atoms with van der Waals surface area (Å²) in [6, 6.07) is 4.09. The third-order valence-corrected chi connectivity index (χ3v) is 5.47. The van der Waals surface area contributed by atoms with Crippen LogP contribution in [-0.4, -0.2) is 17.4 Å². The number of non-ortho nitro benzene ring substituents is 1. The highest BCUT2D eigenvalue weighted by atomic mass is 35.5. The fourth-order valence-corrected chi connectivity index (χ4v) is 3.12. The van der Waals surface area contributed by atoms with Crippen molar-refractivity contribution in [3.8, 4) is 5.75 Å². The number of nitrogens with zero attached hydrogens (tertiary/aromatic N) is 1. The molecule has 0 heterocycles. The van der Waals surface area contributed by atoms with Crippen LogP contribution in [0.4, 0.5) is 11.4 Å². The van der Waals surface area contributed by atoms with Gasteiger partial charge < -0.3 is 10.1 Å². The summed E-state index contributed by atoms with van der Waals surface area (Å²) in [7, 11) is 0.